The fourth-order valence-electron chi connectivity index (χ4n) is 3.29. The van der Waals surface area contributed by atoms with Crippen molar-refractivity contribution < 1.29 is 17.9 Å². The average Bonchev–Trinajstić information content (AvgIpc) is 2.59. The van der Waals surface area contributed by atoms with Crippen LogP contribution in [-0.4, -0.2) is 52.2 Å². The topological polar surface area (TPSA) is 87.7 Å². The van der Waals surface area contributed by atoms with Gasteiger partial charge in [-0.15, -0.1) is 0 Å². The molecule has 1 atom stereocenters. The van der Waals surface area contributed by atoms with Crippen LogP contribution in [0.2, 0.25) is 0 Å². The summed E-state index contributed by atoms with van der Waals surface area (Å²) in [4.78, 5) is 14.1. The number of anilines is 1. The minimum absolute atomic E-state index is 0.0952. The van der Waals surface area contributed by atoms with Gasteiger partial charge in [0.15, 0.2) is 0 Å². The van der Waals surface area contributed by atoms with E-state index in [1.165, 1.54) is 0 Å². The third-order valence-electron chi connectivity index (χ3n) is 4.65. The first-order valence-electron chi connectivity index (χ1n) is 8.16. The zero-order valence-corrected chi connectivity index (χ0v) is 14.5. The maximum atomic E-state index is 12.4. The number of hydrogen-bond acceptors (Lipinski definition) is 5. The summed E-state index contributed by atoms with van der Waals surface area (Å²) in [5.41, 5.74) is 0.639. The number of rotatable bonds is 4. The summed E-state index contributed by atoms with van der Waals surface area (Å²) in [7, 11) is -1.91. The van der Waals surface area contributed by atoms with E-state index in [2.05, 4.69) is 10.0 Å². The van der Waals surface area contributed by atoms with E-state index in [9.17, 15) is 13.2 Å². The predicted octanol–water partition coefficient (Wildman–Crippen LogP) is 0.992. The average molecular weight is 353 g/mol. The summed E-state index contributed by atoms with van der Waals surface area (Å²) in [6.07, 6.45) is 1.59. The molecule has 7 nitrogen and oxygen atoms in total. The number of piperidine rings is 1. The van der Waals surface area contributed by atoms with Crippen molar-refractivity contribution >= 4 is 21.6 Å². The fourth-order valence-corrected chi connectivity index (χ4v) is 4.68. The Hall–Kier alpha value is -1.64. The quantitative estimate of drug-likeness (QED) is 0.843. The van der Waals surface area contributed by atoms with Gasteiger partial charge in [-0.05, 0) is 30.9 Å². The fraction of sp³-hybridized carbons (Fsp3) is 0.562. The van der Waals surface area contributed by atoms with Crippen LogP contribution in [0.4, 0.5) is 5.69 Å². The highest BCUT2D eigenvalue weighted by molar-refractivity contribution is 7.89. The van der Waals surface area contributed by atoms with Crippen LogP contribution in [0.15, 0.2) is 29.2 Å². The van der Waals surface area contributed by atoms with Gasteiger partial charge >= 0.3 is 0 Å². The molecule has 1 amide bonds. The minimum Gasteiger partial charge on any atom is -0.384 e. The van der Waals surface area contributed by atoms with E-state index in [1.54, 1.807) is 25.3 Å². The molecule has 1 aromatic carbocycles. The number of para-hydroxylation sites is 1. The van der Waals surface area contributed by atoms with Crippen molar-refractivity contribution in [1.82, 2.24) is 9.62 Å². The molecule has 0 radical (unpaired) electrons. The monoisotopic (exact) mass is 353 g/mol. The number of nitrogens with one attached hydrogen (secondary N) is 2. The number of methoxy groups -OCH3 is 1. The lowest BCUT2D eigenvalue weighted by Crippen LogP contribution is -2.52. The molecule has 1 fully saturated rings. The Morgan fingerprint density at radius 3 is 2.71 bits per heavy atom. The number of sulfonamides is 1. The Morgan fingerprint density at radius 1 is 1.29 bits per heavy atom. The zero-order chi connectivity index (χ0) is 17.2. The van der Waals surface area contributed by atoms with E-state index in [0.29, 0.717) is 31.8 Å². The van der Waals surface area contributed by atoms with Crippen LogP contribution >= 0.6 is 0 Å². The van der Waals surface area contributed by atoms with Crippen LogP contribution in [0.5, 0.6) is 0 Å². The standard InChI is InChI=1S/C16H23N3O4S/c1-23-11-8-15(20)19-9-6-12(7-10-19)16-17-13-4-2-3-5-14(13)24(21,22)18-16/h2-5,12,16-18H,6-11H2,1H3. The lowest BCUT2D eigenvalue weighted by Gasteiger charge is -2.38. The van der Waals surface area contributed by atoms with Crippen molar-refractivity contribution in [3.05, 3.63) is 24.3 Å². The SMILES string of the molecule is COCCC(=O)N1CCC(C2Nc3ccccc3S(=O)(=O)N2)CC1. The molecule has 1 aromatic rings. The summed E-state index contributed by atoms with van der Waals surface area (Å²) in [5, 5.41) is 3.29. The van der Waals surface area contributed by atoms with Gasteiger partial charge in [0.2, 0.25) is 15.9 Å². The molecular formula is C16H23N3O4S. The van der Waals surface area contributed by atoms with Gasteiger partial charge in [0.05, 0.1) is 24.9 Å². The van der Waals surface area contributed by atoms with Crippen LogP contribution in [0.3, 0.4) is 0 Å². The summed E-state index contributed by atoms with van der Waals surface area (Å²) < 4.78 is 32.5. The zero-order valence-electron chi connectivity index (χ0n) is 13.7. The molecule has 0 spiro atoms. The van der Waals surface area contributed by atoms with Crippen molar-refractivity contribution in [3.8, 4) is 0 Å². The van der Waals surface area contributed by atoms with Gasteiger partial charge in [-0.25, -0.2) is 8.42 Å². The molecule has 1 unspecified atom stereocenters. The van der Waals surface area contributed by atoms with Gasteiger partial charge in [-0.3, -0.25) is 4.79 Å². The molecule has 24 heavy (non-hydrogen) atoms. The number of fused-ring (bicyclic) bond motifs is 1. The highest BCUT2D eigenvalue weighted by Crippen LogP contribution is 2.30. The Morgan fingerprint density at radius 2 is 2.00 bits per heavy atom. The van der Waals surface area contributed by atoms with Crippen LogP contribution in [0.25, 0.3) is 0 Å². The molecule has 1 saturated heterocycles. The van der Waals surface area contributed by atoms with Crippen molar-refractivity contribution in [3.63, 3.8) is 0 Å². The van der Waals surface area contributed by atoms with Gasteiger partial charge in [0.25, 0.3) is 0 Å². The molecule has 2 N–H and O–H groups in total. The largest absolute Gasteiger partial charge is 0.384 e. The maximum absolute atomic E-state index is 12.4. The number of ether oxygens (including phenoxy) is 1. The molecule has 0 aliphatic carbocycles. The van der Waals surface area contributed by atoms with E-state index in [1.807, 2.05) is 11.0 Å². The Bertz CT molecular complexity index is 699. The van der Waals surface area contributed by atoms with Crippen molar-refractivity contribution in [2.45, 2.75) is 30.3 Å². The molecule has 0 saturated carbocycles. The first-order chi connectivity index (χ1) is 11.5. The Labute approximate surface area is 142 Å². The lowest BCUT2D eigenvalue weighted by atomic mass is 9.93. The number of likely N-dealkylation sites (tertiary alicyclic amines) is 1. The Kier molecular flexibility index (Phi) is 5.07. The molecule has 0 aromatic heterocycles. The number of nitrogens with zero attached hydrogens (tertiary/aromatic N) is 1. The number of carbonyl (C=O) groups is 1. The van der Waals surface area contributed by atoms with E-state index in [-0.39, 0.29) is 22.9 Å². The second-order valence-electron chi connectivity index (χ2n) is 6.20. The molecular weight excluding hydrogens is 330 g/mol. The minimum atomic E-state index is -3.49. The molecule has 3 rings (SSSR count). The Balaban J connectivity index is 1.63. The van der Waals surface area contributed by atoms with Gasteiger partial charge in [0, 0.05) is 20.2 Å². The van der Waals surface area contributed by atoms with Gasteiger partial charge in [-0.2, -0.15) is 4.72 Å². The predicted molar refractivity (Wildman–Crippen MR) is 90.0 cm³/mol. The normalized spacial score (nSPS) is 23.4. The van der Waals surface area contributed by atoms with E-state index >= 15 is 0 Å². The number of amides is 1. The second kappa shape index (κ2) is 7.08. The first-order valence-corrected chi connectivity index (χ1v) is 9.64. The molecule has 0 bridgehead atoms. The third kappa shape index (κ3) is 3.55. The van der Waals surface area contributed by atoms with Crippen LogP contribution < -0.4 is 10.0 Å². The molecule has 132 valence electrons. The molecule has 2 heterocycles. The van der Waals surface area contributed by atoms with E-state index in [4.69, 9.17) is 4.74 Å². The van der Waals surface area contributed by atoms with Crippen LogP contribution in [0.1, 0.15) is 19.3 Å². The van der Waals surface area contributed by atoms with Crippen molar-refractivity contribution in [2.24, 2.45) is 5.92 Å². The molecule has 2 aliphatic heterocycles. The van der Waals surface area contributed by atoms with Crippen molar-refractivity contribution in [2.75, 3.05) is 32.1 Å². The summed E-state index contributed by atoms with van der Waals surface area (Å²) in [5.74, 6) is 0.248. The second-order valence-corrected chi connectivity index (χ2v) is 7.88. The third-order valence-corrected chi connectivity index (χ3v) is 6.15. The van der Waals surface area contributed by atoms with Crippen LogP contribution in [0, 0.1) is 5.92 Å². The lowest BCUT2D eigenvalue weighted by molar-refractivity contribution is -0.133. The summed E-state index contributed by atoms with van der Waals surface area (Å²) >= 11 is 0. The molecule has 8 heteroatoms. The van der Waals surface area contributed by atoms with E-state index < -0.39 is 10.0 Å². The van der Waals surface area contributed by atoms with Gasteiger partial charge in [-0.1, -0.05) is 12.1 Å². The maximum Gasteiger partial charge on any atom is 0.244 e. The van der Waals surface area contributed by atoms with Crippen molar-refractivity contribution in [1.29, 1.82) is 0 Å². The van der Waals surface area contributed by atoms with Gasteiger partial charge in [0.1, 0.15) is 4.90 Å². The molecule has 2 aliphatic rings. The number of carbonyl (C=O) groups excluding carboxylic acids is 1. The van der Waals surface area contributed by atoms with Gasteiger partial charge < -0.3 is 15.0 Å². The highest BCUT2D eigenvalue weighted by Gasteiger charge is 2.35. The number of hydrogen-bond donors (Lipinski definition) is 2. The summed E-state index contributed by atoms with van der Waals surface area (Å²) in [6.45, 7) is 1.73. The van der Waals surface area contributed by atoms with Crippen LogP contribution in [-0.2, 0) is 19.6 Å². The number of benzene rings is 1. The first kappa shape index (κ1) is 17.2. The summed E-state index contributed by atoms with van der Waals surface area (Å²) in [6, 6.07) is 6.91. The smallest absolute Gasteiger partial charge is 0.244 e. The van der Waals surface area contributed by atoms with E-state index in [0.717, 1.165) is 12.8 Å². The highest BCUT2D eigenvalue weighted by atomic mass is 32.2.